The highest BCUT2D eigenvalue weighted by Crippen LogP contribution is 2.40. The van der Waals surface area contributed by atoms with Crippen LogP contribution in [0.2, 0.25) is 10.0 Å². The molecular weight excluding hydrogens is 351 g/mol. The van der Waals surface area contributed by atoms with E-state index in [1.165, 1.54) is 0 Å². The zero-order valence-corrected chi connectivity index (χ0v) is 14.3. The predicted octanol–water partition coefficient (Wildman–Crippen LogP) is 4.75. The molecule has 1 aliphatic rings. The maximum absolute atomic E-state index is 12.8. The number of hydrogen-bond acceptors (Lipinski definition) is 3. The molecule has 0 aromatic heterocycles. The minimum Gasteiger partial charge on any atom is -0.322 e. The Morgan fingerprint density at radius 1 is 1.22 bits per heavy atom. The minimum absolute atomic E-state index is 0.0804. The van der Waals surface area contributed by atoms with Gasteiger partial charge in [0.2, 0.25) is 0 Å². The first-order valence-corrected chi connectivity index (χ1v) is 8.78. The molecule has 1 atom stereocenters. The molecule has 3 nitrogen and oxygen atoms in total. The van der Waals surface area contributed by atoms with Crippen molar-refractivity contribution in [3.05, 3.63) is 69.2 Å². The van der Waals surface area contributed by atoms with E-state index in [0.717, 1.165) is 11.3 Å². The zero-order valence-electron chi connectivity index (χ0n) is 12.0. The first kappa shape index (κ1) is 16.2. The second kappa shape index (κ2) is 6.84. The van der Waals surface area contributed by atoms with E-state index >= 15 is 0 Å². The van der Waals surface area contributed by atoms with E-state index in [2.05, 4.69) is 6.07 Å². The van der Waals surface area contributed by atoms with Gasteiger partial charge in [-0.05, 0) is 35.9 Å². The molecule has 1 heterocycles. The van der Waals surface area contributed by atoms with Gasteiger partial charge >= 0.3 is 0 Å². The fraction of sp³-hybridized carbons (Fsp3) is 0.176. The van der Waals surface area contributed by atoms with Gasteiger partial charge in [-0.2, -0.15) is 5.26 Å². The number of rotatable bonds is 2. The number of nitriles is 1. The number of thioether (sulfide) groups is 1. The van der Waals surface area contributed by atoms with E-state index in [-0.39, 0.29) is 11.3 Å². The lowest BCUT2D eigenvalue weighted by atomic mass is 10.1. The third-order valence-electron chi connectivity index (χ3n) is 3.62. The number of carbonyl (C=O) groups excluding carboxylic acids is 1. The molecule has 2 aromatic carbocycles. The first-order chi connectivity index (χ1) is 11.1. The number of hydrogen-bond donors (Lipinski definition) is 0. The predicted molar refractivity (Wildman–Crippen MR) is 93.9 cm³/mol. The Kier molecular flexibility index (Phi) is 4.82. The lowest BCUT2D eigenvalue weighted by Gasteiger charge is -2.24. The van der Waals surface area contributed by atoms with E-state index in [4.69, 9.17) is 28.5 Å². The van der Waals surface area contributed by atoms with E-state index in [1.807, 2.05) is 6.07 Å². The molecular formula is C17H12Cl2N2OS. The van der Waals surface area contributed by atoms with Crippen molar-refractivity contribution >= 4 is 40.9 Å². The summed E-state index contributed by atoms with van der Waals surface area (Å²) in [7, 11) is 0. The maximum Gasteiger partial charge on any atom is 0.255 e. The van der Waals surface area contributed by atoms with Crippen molar-refractivity contribution in [3.63, 3.8) is 0 Å². The molecule has 0 bridgehead atoms. The van der Waals surface area contributed by atoms with Gasteiger partial charge in [0.1, 0.15) is 5.37 Å². The Bertz CT molecular complexity index is 803. The fourth-order valence-corrected chi connectivity index (χ4v) is 4.06. The Morgan fingerprint density at radius 3 is 2.78 bits per heavy atom. The summed E-state index contributed by atoms with van der Waals surface area (Å²) in [5.74, 6) is 0.775. The average molecular weight is 363 g/mol. The second-order valence-electron chi connectivity index (χ2n) is 5.09. The fourth-order valence-electron chi connectivity index (χ4n) is 2.51. The van der Waals surface area contributed by atoms with Crippen LogP contribution in [0.5, 0.6) is 0 Å². The van der Waals surface area contributed by atoms with Gasteiger partial charge in [0.15, 0.2) is 0 Å². The highest BCUT2D eigenvalue weighted by Gasteiger charge is 2.31. The Morgan fingerprint density at radius 2 is 2.04 bits per heavy atom. The smallest absolute Gasteiger partial charge is 0.255 e. The van der Waals surface area contributed by atoms with Crippen molar-refractivity contribution < 1.29 is 4.79 Å². The molecule has 116 valence electrons. The first-order valence-electron chi connectivity index (χ1n) is 6.98. The van der Waals surface area contributed by atoms with Crippen molar-refractivity contribution in [1.29, 1.82) is 5.26 Å². The lowest BCUT2D eigenvalue weighted by Crippen LogP contribution is -2.30. The Balaban J connectivity index is 1.90. The summed E-state index contributed by atoms with van der Waals surface area (Å²) >= 11 is 13.8. The minimum atomic E-state index is -0.0944. The van der Waals surface area contributed by atoms with Crippen LogP contribution in [0.4, 0.5) is 0 Å². The normalized spacial score (nSPS) is 17.1. The van der Waals surface area contributed by atoms with Crippen LogP contribution in [-0.2, 0) is 0 Å². The maximum atomic E-state index is 12.8. The van der Waals surface area contributed by atoms with Gasteiger partial charge in [0.25, 0.3) is 5.91 Å². The molecule has 1 aliphatic heterocycles. The largest absolute Gasteiger partial charge is 0.322 e. The van der Waals surface area contributed by atoms with Crippen LogP contribution >= 0.6 is 35.0 Å². The highest BCUT2D eigenvalue weighted by molar-refractivity contribution is 7.99. The van der Waals surface area contributed by atoms with Gasteiger partial charge in [-0.1, -0.05) is 35.3 Å². The third-order valence-corrected chi connectivity index (χ3v) is 5.62. The molecule has 3 rings (SSSR count). The van der Waals surface area contributed by atoms with Crippen molar-refractivity contribution in [1.82, 2.24) is 4.90 Å². The summed E-state index contributed by atoms with van der Waals surface area (Å²) in [6.45, 7) is 0.658. The molecule has 1 saturated heterocycles. The van der Waals surface area contributed by atoms with Gasteiger partial charge in [-0.25, -0.2) is 0 Å². The van der Waals surface area contributed by atoms with E-state index in [1.54, 1.807) is 53.1 Å². The monoisotopic (exact) mass is 362 g/mol. The Hall–Kier alpha value is -1.67. The van der Waals surface area contributed by atoms with Gasteiger partial charge in [0.05, 0.1) is 21.7 Å². The van der Waals surface area contributed by atoms with Gasteiger partial charge < -0.3 is 4.90 Å². The molecule has 1 amide bonds. The quantitative estimate of drug-likeness (QED) is 0.773. The van der Waals surface area contributed by atoms with Crippen LogP contribution in [0.15, 0.2) is 42.5 Å². The van der Waals surface area contributed by atoms with Crippen molar-refractivity contribution in [3.8, 4) is 6.07 Å². The second-order valence-corrected chi connectivity index (χ2v) is 7.09. The number of nitrogens with zero attached hydrogens (tertiary/aromatic N) is 2. The average Bonchev–Trinajstić information content (AvgIpc) is 3.06. The number of amides is 1. The van der Waals surface area contributed by atoms with Crippen LogP contribution in [0.3, 0.4) is 0 Å². The summed E-state index contributed by atoms with van der Waals surface area (Å²) in [6, 6.07) is 14.3. The van der Waals surface area contributed by atoms with E-state index < -0.39 is 0 Å². The topological polar surface area (TPSA) is 44.1 Å². The van der Waals surface area contributed by atoms with Gasteiger partial charge in [-0.15, -0.1) is 11.8 Å². The van der Waals surface area contributed by atoms with Crippen molar-refractivity contribution in [2.24, 2.45) is 0 Å². The third kappa shape index (κ3) is 3.32. The molecule has 23 heavy (non-hydrogen) atoms. The Labute approximate surface area is 148 Å². The molecule has 0 saturated carbocycles. The van der Waals surface area contributed by atoms with Crippen LogP contribution in [-0.4, -0.2) is 23.1 Å². The molecule has 2 aromatic rings. The van der Waals surface area contributed by atoms with Crippen LogP contribution in [0, 0.1) is 11.3 Å². The SMILES string of the molecule is N#Cc1cccc(C(=O)N2CCSC2c2ccc(Cl)c(Cl)c2)c1. The van der Waals surface area contributed by atoms with Crippen molar-refractivity contribution in [2.45, 2.75) is 5.37 Å². The molecule has 0 spiro atoms. The van der Waals surface area contributed by atoms with Crippen LogP contribution < -0.4 is 0 Å². The van der Waals surface area contributed by atoms with Crippen LogP contribution in [0.25, 0.3) is 0 Å². The highest BCUT2D eigenvalue weighted by atomic mass is 35.5. The van der Waals surface area contributed by atoms with Gasteiger partial charge in [0, 0.05) is 17.9 Å². The molecule has 0 radical (unpaired) electrons. The molecule has 1 fully saturated rings. The summed E-state index contributed by atoms with van der Waals surface area (Å²) in [5, 5.41) is 9.88. The van der Waals surface area contributed by atoms with Crippen LogP contribution in [0.1, 0.15) is 26.9 Å². The standard InChI is InChI=1S/C17H12Cl2N2OS/c18-14-5-4-13(9-15(14)19)17-21(6-7-23-17)16(22)12-3-1-2-11(8-12)10-20/h1-5,8-9,17H,6-7H2. The number of carbonyl (C=O) groups is 1. The zero-order chi connectivity index (χ0) is 16.4. The summed E-state index contributed by atoms with van der Waals surface area (Å²) in [5.41, 5.74) is 1.96. The van der Waals surface area contributed by atoms with E-state index in [0.29, 0.717) is 27.7 Å². The molecule has 0 aliphatic carbocycles. The summed E-state index contributed by atoms with van der Waals surface area (Å²) < 4.78 is 0. The summed E-state index contributed by atoms with van der Waals surface area (Å²) in [6.07, 6.45) is 0. The number of halogens is 2. The molecule has 1 unspecified atom stereocenters. The number of benzene rings is 2. The summed E-state index contributed by atoms with van der Waals surface area (Å²) in [4.78, 5) is 14.6. The lowest BCUT2D eigenvalue weighted by molar-refractivity contribution is 0.0760. The molecule has 0 N–H and O–H groups in total. The van der Waals surface area contributed by atoms with Crippen molar-refractivity contribution in [2.75, 3.05) is 12.3 Å². The molecule has 6 heteroatoms. The van der Waals surface area contributed by atoms with Gasteiger partial charge in [-0.3, -0.25) is 4.79 Å². The van der Waals surface area contributed by atoms with E-state index in [9.17, 15) is 4.79 Å².